The molecule has 0 radical (unpaired) electrons. The molecule has 0 saturated heterocycles. The van der Waals surface area contributed by atoms with Crippen molar-refractivity contribution < 1.29 is 9.13 Å². The predicted molar refractivity (Wildman–Crippen MR) is 68.8 cm³/mol. The largest absolute Gasteiger partial charge is 0.495 e. The van der Waals surface area contributed by atoms with Gasteiger partial charge in [-0.25, -0.2) is 4.39 Å². The minimum Gasteiger partial charge on any atom is -0.495 e. The average molecular weight is 246 g/mol. The summed E-state index contributed by atoms with van der Waals surface area (Å²) in [5.74, 6) is 0.299. The molecule has 3 nitrogen and oxygen atoms in total. The molecular weight excluding hydrogens is 231 g/mol. The normalized spacial score (nSPS) is 12.2. The first kappa shape index (κ1) is 12.5. The third kappa shape index (κ3) is 2.49. The molecule has 0 aliphatic heterocycles. The first-order valence-electron chi connectivity index (χ1n) is 5.66. The fraction of sp³-hybridized carbons (Fsp3) is 0.214. The molecule has 0 amide bonds. The molecular formula is C14H15FN2O. The van der Waals surface area contributed by atoms with E-state index >= 15 is 0 Å². The van der Waals surface area contributed by atoms with Gasteiger partial charge >= 0.3 is 0 Å². The summed E-state index contributed by atoms with van der Waals surface area (Å²) in [6, 6.07) is 6.47. The molecule has 0 saturated carbocycles. The van der Waals surface area contributed by atoms with Gasteiger partial charge in [0.15, 0.2) is 0 Å². The van der Waals surface area contributed by atoms with Crippen molar-refractivity contribution in [1.82, 2.24) is 4.98 Å². The lowest BCUT2D eigenvalue weighted by atomic mass is 10.0. The molecule has 18 heavy (non-hydrogen) atoms. The number of pyridine rings is 1. The molecule has 2 rings (SSSR count). The standard InChI is InChI=1S/C14H15FN2O/c1-9(16)10-3-4-14(15)13(6-10)11-5-12(18-2)8-17-7-11/h3-9H,16H2,1-2H3. The van der Waals surface area contributed by atoms with Crippen LogP contribution in [-0.2, 0) is 0 Å². The second kappa shape index (κ2) is 5.14. The smallest absolute Gasteiger partial charge is 0.137 e. The van der Waals surface area contributed by atoms with Gasteiger partial charge in [0.05, 0.1) is 13.3 Å². The highest BCUT2D eigenvalue weighted by atomic mass is 19.1. The van der Waals surface area contributed by atoms with E-state index in [1.165, 1.54) is 6.07 Å². The molecule has 0 aliphatic carbocycles. The van der Waals surface area contributed by atoms with Crippen LogP contribution < -0.4 is 10.5 Å². The van der Waals surface area contributed by atoms with Crippen LogP contribution in [0.4, 0.5) is 4.39 Å². The van der Waals surface area contributed by atoms with Crippen molar-refractivity contribution in [2.75, 3.05) is 7.11 Å². The summed E-state index contributed by atoms with van der Waals surface area (Å²) in [7, 11) is 1.55. The fourth-order valence-electron chi connectivity index (χ4n) is 1.73. The maximum Gasteiger partial charge on any atom is 0.137 e. The zero-order valence-electron chi connectivity index (χ0n) is 10.4. The van der Waals surface area contributed by atoms with Gasteiger partial charge in [-0.3, -0.25) is 4.98 Å². The molecule has 2 aromatic rings. The van der Waals surface area contributed by atoms with Crippen molar-refractivity contribution in [2.24, 2.45) is 5.73 Å². The Morgan fingerprint density at radius 1 is 1.28 bits per heavy atom. The average Bonchev–Trinajstić information content (AvgIpc) is 2.39. The van der Waals surface area contributed by atoms with E-state index in [2.05, 4.69) is 4.98 Å². The number of nitrogens with two attached hydrogens (primary N) is 1. The lowest BCUT2D eigenvalue weighted by Crippen LogP contribution is -2.05. The summed E-state index contributed by atoms with van der Waals surface area (Å²) < 4.78 is 18.9. The Balaban J connectivity index is 2.51. The highest BCUT2D eigenvalue weighted by Gasteiger charge is 2.09. The van der Waals surface area contributed by atoms with Crippen LogP contribution in [-0.4, -0.2) is 12.1 Å². The third-order valence-corrected chi connectivity index (χ3v) is 2.78. The van der Waals surface area contributed by atoms with Gasteiger partial charge in [-0.05, 0) is 30.7 Å². The van der Waals surface area contributed by atoms with E-state index in [0.29, 0.717) is 16.9 Å². The Hall–Kier alpha value is -1.94. The Kier molecular flexibility index (Phi) is 3.58. The number of benzene rings is 1. The molecule has 1 heterocycles. The van der Waals surface area contributed by atoms with E-state index in [1.54, 1.807) is 37.7 Å². The number of methoxy groups -OCH3 is 1. The number of hydrogen-bond donors (Lipinski definition) is 1. The highest BCUT2D eigenvalue weighted by molar-refractivity contribution is 5.65. The summed E-state index contributed by atoms with van der Waals surface area (Å²) in [6.45, 7) is 1.86. The van der Waals surface area contributed by atoms with Gasteiger partial charge < -0.3 is 10.5 Å². The first-order chi connectivity index (χ1) is 8.61. The van der Waals surface area contributed by atoms with Crippen molar-refractivity contribution in [2.45, 2.75) is 13.0 Å². The van der Waals surface area contributed by atoms with Crippen LogP contribution in [0.5, 0.6) is 5.75 Å². The summed E-state index contributed by atoms with van der Waals surface area (Å²) in [4.78, 5) is 4.02. The number of ether oxygens (including phenoxy) is 1. The molecule has 1 atom stereocenters. The van der Waals surface area contributed by atoms with Crippen LogP contribution >= 0.6 is 0 Å². The Morgan fingerprint density at radius 2 is 2.06 bits per heavy atom. The van der Waals surface area contributed by atoms with Crippen LogP contribution in [0, 0.1) is 5.82 Å². The van der Waals surface area contributed by atoms with Crippen molar-refractivity contribution in [1.29, 1.82) is 0 Å². The minimum absolute atomic E-state index is 0.136. The van der Waals surface area contributed by atoms with Gasteiger partial charge in [-0.1, -0.05) is 6.07 Å². The maximum absolute atomic E-state index is 13.8. The monoisotopic (exact) mass is 246 g/mol. The molecule has 1 unspecified atom stereocenters. The predicted octanol–water partition coefficient (Wildman–Crippen LogP) is 2.92. The van der Waals surface area contributed by atoms with E-state index in [9.17, 15) is 4.39 Å². The Labute approximate surface area is 105 Å². The van der Waals surface area contributed by atoms with E-state index in [0.717, 1.165) is 5.56 Å². The van der Waals surface area contributed by atoms with Gasteiger partial charge in [-0.2, -0.15) is 0 Å². The summed E-state index contributed by atoms with van der Waals surface area (Å²) in [6.07, 6.45) is 3.18. The molecule has 1 aromatic heterocycles. The van der Waals surface area contributed by atoms with Gasteiger partial charge in [0.1, 0.15) is 11.6 Å². The zero-order chi connectivity index (χ0) is 13.1. The Morgan fingerprint density at radius 3 is 2.72 bits per heavy atom. The number of halogens is 1. The highest BCUT2D eigenvalue weighted by Crippen LogP contribution is 2.27. The molecule has 0 spiro atoms. The first-order valence-corrected chi connectivity index (χ1v) is 5.66. The summed E-state index contributed by atoms with van der Waals surface area (Å²) in [5, 5.41) is 0. The van der Waals surface area contributed by atoms with Crippen molar-refractivity contribution in [3.8, 4) is 16.9 Å². The van der Waals surface area contributed by atoms with E-state index in [1.807, 2.05) is 6.92 Å². The fourth-order valence-corrected chi connectivity index (χ4v) is 1.73. The molecule has 94 valence electrons. The van der Waals surface area contributed by atoms with Crippen LogP contribution in [0.15, 0.2) is 36.7 Å². The van der Waals surface area contributed by atoms with Crippen LogP contribution in [0.2, 0.25) is 0 Å². The van der Waals surface area contributed by atoms with Crippen LogP contribution in [0.3, 0.4) is 0 Å². The quantitative estimate of drug-likeness (QED) is 0.905. The number of aromatic nitrogens is 1. The van der Waals surface area contributed by atoms with Crippen molar-refractivity contribution in [3.63, 3.8) is 0 Å². The zero-order valence-corrected chi connectivity index (χ0v) is 10.4. The topological polar surface area (TPSA) is 48.1 Å². The van der Waals surface area contributed by atoms with Gasteiger partial charge in [0.25, 0.3) is 0 Å². The van der Waals surface area contributed by atoms with E-state index in [4.69, 9.17) is 10.5 Å². The van der Waals surface area contributed by atoms with Crippen molar-refractivity contribution in [3.05, 3.63) is 48.0 Å². The molecule has 0 fully saturated rings. The second-order valence-corrected chi connectivity index (χ2v) is 4.14. The number of rotatable bonds is 3. The number of nitrogens with zero attached hydrogens (tertiary/aromatic N) is 1. The lowest BCUT2D eigenvalue weighted by Gasteiger charge is -2.10. The molecule has 0 bridgehead atoms. The molecule has 1 aromatic carbocycles. The Bertz CT molecular complexity index is 555. The molecule has 0 aliphatic rings. The van der Waals surface area contributed by atoms with Crippen molar-refractivity contribution >= 4 is 0 Å². The van der Waals surface area contributed by atoms with Gasteiger partial charge in [-0.15, -0.1) is 0 Å². The minimum atomic E-state index is -0.297. The SMILES string of the molecule is COc1cncc(-c2cc(C(C)N)ccc2F)c1. The lowest BCUT2D eigenvalue weighted by molar-refractivity contribution is 0.413. The van der Waals surface area contributed by atoms with Crippen LogP contribution in [0.25, 0.3) is 11.1 Å². The van der Waals surface area contributed by atoms with E-state index < -0.39 is 0 Å². The maximum atomic E-state index is 13.8. The van der Waals surface area contributed by atoms with Crippen LogP contribution in [0.1, 0.15) is 18.5 Å². The number of hydrogen-bond acceptors (Lipinski definition) is 3. The van der Waals surface area contributed by atoms with E-state index in [-0.39, 0.29) is 11.9 Å². The second-order valence-electron chi connectivity index (χ2n) is 4.14. The summed E-state index contributed by atoms with van der Waals surface area (Å²) in [5.41, 5.74) is 7.85. The summed E-state index contributed by atoms with van der Waals surface area (Å²) >= 11 is 0. The molecule has 4 heteroatoms. The van der Waals surface area contributed by atoms with Gasteiger partial charge in [0.2, 0.25) is 0 Å². The third-order valence-electron chi connectivity index (χ3n) is 2.78. The molecule has 2 N–H and O–H groups in total. The van der Waals surface area contributed by atoms with Gasteiger partial charge in [0, 0.05) is 23.4 Å².